The van der Waals surface area contributed by atoms with Crippen LogP contribution < -0.4 is 4.74 Å². The minimum absolute atomic E-state index is 0. The molecule has 0 radical (unpaired) electrons. The van der Waals surface area contributed by atoms with Crippen LogP contribution in [0.2, 0.25) is 5.02 Å². The van der Waals surface area contributed by atoms with Crippen LogP contribution in [0.15, 0.2) is 103 Å². The van der Waals surface area contributed by atoms with Gasteiger partial charge in [0.15, 0.2) is 0 Å². The van der Waals surface area contributed by atoms with Crippen molar-refractivity contribution in [2.75, 3.05) is 19.7 Å². The zero-order valence-electron chi connectivity index (χ0n) is 25.8. The minimum Gasteiger partial charge on any atom is -0.494 e. The highest BCUT2D eigenvalue weighted by molar-refractivity contribution is 6.32. The van der Waals surface area contributed by atoms with Crippen molar-refractivity contribution in [2.45, 2.75) is 57.2 Å². The summed E-state index contributed by atoms with van der Waals surface area (Å²) in [7, 11) is 0. The lowest BCUT2D eigenvalue weighted by atomic mass is 9.90. The number of hydrogen-bond donors (Lipinski definition) is 1. The molecule has 0 aliphatic rings. The number of carbonyl (C=O) groups is 1. The molecule has 4 aromatic carbocycles. The summed E-state index contributed by atoms with van der Waals surface area (Å²) in [5.74, 6) is -0.871. The number of ether oxygens (including phenoxy) is 1. The fraction of sp³-hybridized carbons (Fsp3) is 0.324. The van der Waals surface area contributed by atoms with Gasteiger partial charge in [-0.1, -0.05) is 116 Å². The number of benzene rings is 4. The van der Waals surface area contributed by atoms with E-state index in [1.807, 2.05) is 55.5 Å². The quantitative estimate of drug-likeness (QED) is 0.120. The minimum atomic E-state index is -4.55. The first-order valence-electron chi connectivity index (χ1n) is 15.3. The monoisotopic (exact) mass is 673 g/mol. The predicted molar refractivity (Wildman–Crippen MR) is 180 cm³/mol. The van der Waals surface area contributed by atoms with Crippen molar-refractivity contribution in [3.05, 3.63) is 136 Å². The van der Waals surface area contributed by atoms with Gasteiger partial charge in [0.05, 0.1) is 23.1 Å². The van der Waals surface area contributed by atoms with Crippen molar-refractivity contribution in [1.82, 2.24) is 4.90 Å². The van der Waals surface area contributed by atoms with Crippen molar-refractivity contribution in [3.63, 3.8) is 0 Å². The molecular weight excluding hydrogens is 634 g/mol. The number of rotatable bonds is 16. The first kappa shape index (κ1) is 36.9. The Morgan fingerprint density at radius 3 is 2.07 bits per heavy atom. The highest BCUT2D eigenvalue weighted by atomic mass is 35.5. The van der Waals surface area contributed by atoms with E-state index >= 15 is 0 Å². The smallest absolute Gasteiger partial charge is 0.417 e. The van der Waals surface area contributed by atoms with Gasteiger partial charge in [-0.3, -0.25) is 9.69 Å². The molecule has 4 rings (SSSR count). The van der Waals surface area contributed by atoms with E-state index in [4.69, 9.17) is 16.3 Å². The number of hydrogen-bond acceptors (Lipinski definition) is 3. The lowest BCUT2D eigenvalue weighted by molar-refractivity contribution is -0.139. The molecule has 4 aromatic rings. The summed E-state index contributed by atoms with van der Waals surface area (Å²) < 4.78 is 47.0. The fourth-order valence-electron chi connectivity index (χ4n) is 5.57. The second kappa shape index (κ2) is 18.0. The largest absolute Gasteiger partial charge is 0.494 e. The van der Waals surface area contributed by atoms with Crippen LogP contribution in [0.25, 0.3) is 0 Å². The van der Waals surface area contributed by atoms with Crippen LogP contribution in [0, 0.1) is 0 Å². The number of aliphatic carboxylic acids is 1. The molecule has 0 saturated heterocycles. The molecular formula is C37H40Cl2F3NO3. The Kier molecular flexibility index (Phi) is 14.4. The molecule has 0 aromatic heterocycles. The van der Waals surface area contributed by atoms with Crippen LogP contribution in [0.5, 0.6) is 5.75 Å². The number of nitrogens with zero attached hydrogens (tertiary/aromatic N) is 1. The first-order valence-corrected chi connectivity index (χ1v) is 15.7. The van der Waals surface area contributed by atoms with E-state index in [9.17, 15) is 23.1 Å². The van der Waals surface area contributed by atoms with Crippen LogP contribution in [0.3, 0.4) is 0 Å². The standard InChI is InChI=1S/C37H39ClF3NO3.ClH/c1-2-3-20-32(36(43)44)29-17-10-19-31(24-29)45-23-12-22-42(25-30-18-11-21-34(35(30)38)37(39,40)41)26-33(27-13-6-4-7-14-27)28-15-8-5-9-16-28;/h4-11,13-19,21,24,32-33H,2-3,12,20,22-23,25-26H2,1H3,(H,43,44);1H/t32-;/m0./s1. The second-order valence-electron chi connectivity index (χ2n) is 11.2. The Hall–Kier alpha value is -3.52. The number of halogens is 5. The van der Waals surface area contributed by atoms with E-state index in [0.717, 1.165) is 30.0 Å². The molecule has 0 unspecified atom stereocenters. The molecule has 246 valence electrons. The molecule has 0 heterocycles. The highest BCUT2D eigenvalue weighted by Crippen LogP contribution is 2.37. The summed E-state index contributed by atoms with van der Waals surface area (Å²) in [4.78, 5) is 14.0. The van der Waals surface area contributed by atoms with Crippen molar-refractivity contribution >= 4 is 30.0 Å². The molecule has 9 heteroatoms. The molecule has 46 heavy (non-hydrogen) atoms. The Balaban J connectivity index is 0.00000576. The maximum atomic E-state index is 13.7. The topological polar surface area (TPSA) is 49.8 Å². The van der Waals surface area contributed by atoms with Gasteiger partial charge < -0.3 is 9.84 Å². The highest BCUT2D eigenvalue weighted by Gasteiger charge is 2.34. The Morgan fingerprint density at radius 2 is 1.48 bits per heavy atom. The van der Waals surface area contributed by atoms with Gasteiger partial charge in [0, 0.05) is 25.6 Å². The van der Waals surface area contributed by atoms with E-state index in [-0.39, 0.29) is 29.9 Å². The Morgan fingerprint density at radius 1 is 0.870 bits per heavy atom. The Labute approximate surface area is 280 Å². The molecule has 0 bridgehead atoms. The average Bonchev–Trinajstić information content (AvgIpc) is 3.03. The van der Waals surface area contributed by atoms with Crippen molar-refractivity contribution in [3.8, 4) is 5.75 Å². The van der Waals surface area contributed by atoms with Gasteiger partial charge in [-0.2, -0.15) is 13.2 Å². The third kappa shape index (κ3) is 10.5. The van der Waals surface area contributed by atoms with Crippen LogP contribution in [0.1, 0.15) is 72.3 Å². The summed E-state index contributed by atoms with van der Waals surface area (Å²) in [6.07, 6.45) is -1.66. The molecule has 0 aliphatic heterocycles. The van der Waals surface area contributed by atoms with Crippen LogP contribution in [-0.2, 0) is 17.5 Å². The lowest BCUT2D eigenvalue weighted by Gasteiger charge is -2.29. The third-order valence-corrected chi connectivity index (χ3v) is 8.36. The summed E-state index contributed by atoms with van der Waals surface area (Å²) in [5.41, 5.74) is 2.49. The number of carboxylic acid groups (broad SMARTS) is 1. The summed E-state index contributed by atoms with van der Waals surface area (Å²) in [6.45, 7) is 3.70. The van der Waals surface area contributed by atoms with Gasteiger partial charge in [0.25, 0.3) is 0 Å². The van der Waals surface area contributed by atoms with Gasteiger partial charge >= 0.3 is 12.1 Å². The van der Waals surface area contributed by atoms with Crippen molar-refractivity contribution < 1.29 is 27.8 Å². The lowest BCUT2D eigenvalue weighted by Crippen LogP contribution is -2.31. The zero-order valence-corrected chi connectivity index (χ0v) is 27.3. The molecule has 0 saturated carbocycles. The Bertz CT molecular complexity index is 1460. The molecule has 0 spiro atoms. The number of carboxylic acids is 1. The van der Waals surface area contributed by atoms with E-state index < -0.39 is 23.6 Å². The number of unbranched alkanes of at least 4 members (excludes halogenated alkanes) is 1. The second-order valence-corrected chi connectivity index (χ2v) is 11.6. The molecule has 1 N–H and O–H groups in total. The summed E-state index contributed by atoms with van der Waals surface area (Å²) in [5, 5.41) is 9.46. The van der Waals surface area contributed by atoms with E-state index in [0.29, 0.717) is 49.4 Å². The molecule has 1 atom stereocenters. The number of alkyl halides is 3. The van der Waals surface area contributed by atoms with E-state index in [2.05, 4.69) is 29.2 Å². The van der Waals surface area contributed by atoms with Gasteiger partial charge in [0.2, 0.25) is 0 Å². The summed E-state index contributed by atoms with van der Waals surface area (Å²) >= 11 is 6.33. The average molecular weight is 675 g/mol. The third-order valence-electron chi connectivity index (χ3n) is 7.92. The maximum absolute atomic E-state index is 13.7. The van der Waals surface area contributed by atoms with E-state index in [1.165, 1.54) is 6.07 Å². The van der Waals surface area contributed by atoms with Crippen LogP contribution in [0.4, 0.5) is 13.2 Å². The fourth-order valence-corrected chi connectivity index (χ4v) is 5.86. The predicted octanol–water partition coefficient (Wildman–Crippen LogP) is 10.2. The first-order chi connectivity index (χ1) is 21.7. The van der Waals surface area contributed by atoms with Crippen molar-refractivity contribution in [2.24, 2.45) is 0 Å². The maximum Gasteiger partial charge on any atom is 0.417 e. The van der Waals surface area contributed by atoms with Gasteiger partial charge in [-0.25, -0.2) is 0 Å². The molecule has 4 nitrogen and oxygen atoms in total. The van der Waals surface area contributed by atoms with Crippen LogP contribution >= 0.6 is 24.0 Å². The summed E-state index contributed by atoms with van der Waals surface area (Å²) in [6, 6.07) is 31.4. The van der Waals surface area contributed by atoms with Gasteiger partial charge in [-0.05, 0) is 53.3 Å². The zero-order chi connectivity index (χ0) is 32.2. The van der Waals surface area contributed by atoms with Crippen molar-refractivity contribution in [1.29, 1.82) is 0 Å². The van der Waals surface area contributed by atoms with Gasteiger partial charge in [0.1, 0.15) is 5.75 Å². The molecule has 0 aliphatic carbocycles. The molecule has 0 amide bonds. The molecule has 0 fully saturated rings. The van der Waals surface area contributed by atoms with Gasteiger partial charge in [-0.15, -0.1) is 12.4 Å². The van der Waals surface area contributed by atoms with Crippen LogP contribution in [-0.4, -0.2) is 35.7 Å². The normalized spacial score (nSPS) is 12.2. The SMILES string of the molecule is CCCC[C@H](C(=O)O)c1cccc(OCCCN(Cc2cccc(C(F)(F)F)c2Cl)CC(c2ccccc2)c2ccccc2)c1.Cl. The van der Waals surface area contributed by atoms with E-state index in [1.54, 1.807) is 18.2 Å².